The quantitative estimate of drug-likeness (QED) is 0.613. The minimum Gasteiger partial charge on any atom is -0.369 e. The van der Waals surface area contributed by atoms with Crippen molar-refractivity contribution in [1.82, 2.24) is 10.0 Å². The van der Waals surface area contributed by atoms with Crippen LogP contribution in [0.15, 0.2) is 23.1 Å². The number of halogens is 1. The third kappa shape index (κ3) is 3.86. The molecule has 2 atom stereocenters. The SMILES string of the molecule is Cc1ccc(S(=O)(=O)NC(C)(C)C(=O)NC2C3CC4CC2CC(C(N)=O)(C4)C3)cc1F. The van der Waals surface area contributed by atoms with Gasteiger partial charge in [-0.05, 0) is 88.3 Å². The summed E-state index contributed by atoms with van der Waals surface area (Å²) in [6.45, 7) is 4.53. The van der Waals surface area contributed by atoms with Gasteiger partial charge in [0.25, 0.3) is 0 Å². The van der Waals surface area contributed by atoms with Gasteiger partial charge in [-0.1, -0.05) is 6.07 Å². The third-order valence-electron chi connectivity index (χ3n) is 7.50. The summed E-state index contributed by atoms with van der Waals surface area (Å²) in [4.78, 5) is 25.0. The van der Waals surface area contributed by atoms with E-state index in [0.29, 0.717) is 24.3 Å². The van der Waals surface area contributed by atoms with Crippen molar-refractivity contribution in [1.29, 1.82) is 0 Å². The second-order valence-corrected chi connectivity index (χ2v) is 11.9. The number of hydrogen-bond acceptors (Lipinski definition) is 4. The lowest BCUT2D eigenvalue weighted by Crippen LogP contribution is -2.65. The van der Waals surface area contributed by atoms with E-state index in [9.17, 15) is 22.4 Å². The summed E-state index contributed by atoms with van der Waals surface area (Å²) in [5.41, 5.74) is 4.17. The van der Waals surface area contributed by atoms with Crippen molar-refractivity contribution in [3.63, 3.8) is 0 Å². The van der Waals surface area contributed by atoms with Crippen molar-refractivity contribution >= 4 is 21.8 Å². The van der Waals surface area contributed by atoms with Crippen LogP contribution in [0.3, 0.4) is 0 Å². The molecular weight excluding hydrogens is 421 g/mol. The highest BCUT2D eigenvalue weighted by molar-refractivity contribution is 7.89. The molecule has 4 fully saturated rings. The Balaban J connectivity index is 1.48. The lowest BCUT2D eigenvalue weighted by molar-refractivity contribution is -0.148. The Morgan fingerprint density at radius 2 is 1.77 bits per heavy atom. The summed E-state index contributed by atoms with van der Waals surface area (Å²) < 4.78 is 41.8. The van der Waals surface area contributed by atoms with E-state index in [1.54, 1.807) is 6.92 Å². The molecule has 4 aliphatic carbocycles. The number of primary amides is 1. The Morgan fingerprint density at radius 1 is 1.16 bits per heavy atom. The first-order chi connectivity index (χ1) is 14.3. The van der Waals surface area contributed by atoms with Crippen molar-refractivity contribution in [2.45, 2.75) is 69.4 Å². The predicted octanol–water partition coefficient (Wildman–Crippen LogP) is 1.99. The van der Waals surface area contributed by atoms with E-state index < -0.39 is 32.7 Å². The van der Waals surface area contributed by atoms with Gasteiger partial charge in [-0.25, -0.2) is 12.8 Å². The smallest absolute Gasteiger partial charge is 0.241 e. The molecule has 1 aromatic rings. The van der Waals surface area contributed by atoms with Gasteiger partial charge >= 0.3 is 0 Å². The Hall–Kier alpha value is -2.00. The predicted molar refractivity (Wildman–Crippen MR) is 113 cm³/mol. The summed E-state index contributed by atoms with van der Waals surface area (Å²) in [5.74, 6) is -0.504. The maximum Gasteiger partial charge on any atom is 0.241 e. The molecule has 4 N–H and O–H groups in total. The molecule has 1 aromatic carbocycles. The van der Waals surface area contributed by atoms with Crippen molar-refractivity contribution in [3.05, 3.63) is 29.6 Å². The lowest BCUT2D eigenvalue weighted by Gasteiger charge is -2.59. The van der Waals surface area contributed by atoms with Gasteiger partial charge in [0.05, 0.1) is 4.90 Å². The van der Waals surface area contributed by atoms with Crippen LogP contribution in [-0.2, 0) is 19.6 Å². The average molecular weight is 452 g/mol. The van der Waals surface area contributed by atoms with E-state index in [4.69, 9.17) is 5.73 Å². The molecule has 0 spiro atoms. The fourth-order valence-corrected chi connectivity index (χ4v) is 7.46. The van der Waals surface area contributed by atoms with Crippen LogP contribution in [0.25, 0.3) is 0 Å². The summed E-state index contributed by atoms with van der Waals surface area (Å²) >= 11 is 0. The van der Waals surface area contributed by atoms with E-state index in [1.165, 1.54) is 26.0 Å². The molecule has 0 aliphatic heterocycles. The normalized spacial score (nSPS) is 32.1. The zero-order chi connectivity index (χ0) is 22.8. The number of nitrogens with one attached hydrogen (secondary N) is 2. The first-order valence-electron chi connectivity index (χ1n) is 10.7. The van der Waals surface area contributed by atoms with E-state index in [1.807, 2.05) is 0 Å². The number of amides is 2. The highest BCUT2D eigenvalue weighted by atomic mass is 32.2. The number of benzene rings is 1. The molecule has 0 aromatic heterocycles. The largest absolute Gasteiger partial charge is 0.369 e. The number of carbonyl (C=O) groups is 2. The summed E-state index contributed by atoms with van der Waals surface area (Å²) in [6.07, 6.45) is 4.09. The van der Waals surface area contributed by atoms with Gasteiger partial charge in [-0.3, -0.25) is 9.59 Å². The fraction of sp³-hybridized carbons (Fsp3) is 0.636. The highest BCUT2D eigenvalue weighted by Gasteiger charge is 2.58. The third-order valence-corrected chi connectivity index (χ3v) is 9.16. The van der Waals surface area contributed by atoms with Crippen molar-refractivity contribution in [2.24, 2.45) is 28.9 Å². The Bertz CT molecular complexity index is 1020. The topological polar surface area (TPSA) is 118 Å². The highest BCUT2D eigenvalue weighted by Crippen LogP contribution is 2.59. The van der Waals surface area contributed by atoms with Gasteiger partial charge in [0.2, 0.25) is 21.8 Å². The van der Waals surface area contributed by atoms with Gasteiger partial charge < -0.3 is 11.1 Å². The minimum absolute atomic E-state index is 0.0999. The van der Waals surface area contributed by atoms with Crippen LogP contribution < -0.4 is 15.8 Å². The van der Waals surface area contributed by atoms with Gasteiger partial charge in [-0.2, -0.15) is 4.72 Å². The number of carbonyl (C=O) groups excluding carboxylic acids is 2. The van der Waals surface area contributed by atoms with E-state index in [2.05, 4.69) is 10.0 Å². The Labute approximate surface area is 182 Å². The Morgan fingerprint density at radius 3 is 2.32 bits per heavy atom. The first kappa shape index (κ1) is 22.2. The maximum atomic E-state index is 13.9. The molecule has 0 saturated heterocycles. The minimum atomic E-state index is -4.10. The van der Waals surface area contributed by atoms with Gasteiger partial charge in [0.15, 0.2) is 0 Å². The van der Waals surface area contributed by atoms with Crippen LogP contribution in [0.1, 0.15) is 51.5 Å². The Kier molecular flexibility index (Phi) is 5.20. The molecule has 170 valence electrons. The van der Waals surface area contributed by atoms with E-state index in [-0.39, 0.29) is 28.7 Å². The molecule has 31 heavy (non-hydrogen) atoms. The maximum absolute atomic E-state index is 13.9. The van der Waals surface area contributed by atoms with E-state index >= 15 is 0 Å². The number of aryl methyl sites for hydroxylation is 1. The molecule has 0 radical (unpaired) electrons. The van der Waals surface area contributed by atoms with Crippen LogP contribution in [0.5, 0.6) is 0 Å². The zero-order valence-electron chi connectivity index (χ0n) is 18.1. The second kappa shape index (κ2) is 7.27. The molecule has 9 heteroatoms. The first-order valence-corrected chi connectivity index (χ1v) is 12.2. The molecule has 4 saturated carbocycles. The monoisotopic (exact) mass is 451 g/mol. The van der Waals surface area contributed by atoms with Crippen LogP contribution >= 0.6 is 0 Å². The van der Waals surface area contributed by atoms with Gasteiger partial charge in [-0.15, -0.1) is 0 Å². The molecule has 4 bridgehead atoms. The number of hydrogen-bond donors (Lipinski definition) is 3. The number of nitrogens with two attached hydrogens (primary N) is 1. The molecular formula is C22H30FN3O4S. The zero-order valence-corrected chi connectivity index (χ0v) is 18.9. The fourth-order valence-electron chi connectivity index (χ4n) is 6.08. The van der Waals surface area contributed by atoms with E-state index in [0.717, 1.165) is 25.3 Å². The molecule has 7 nitrogen and oxygen atoms in total. The van der Waals surface area contributed by atoms with Crippen molar-refractivity contribution < 1.29 is 22.4 Å². The molecule has 4 aliphatic rings. The summed E-state index contributed by atoms with van der Waals surface area (Å²) in [5, 5.41) is 3.06. The molecule has 0 heterocycles. The molecule has 2 amide bonds. The van der Waals surface area contributed by atoms with Crippen LogP contribution in [0, 0.1) is 35.9 Å². The number of sulfonamides is 1. The lowest BCUT2D eigenvalue weighted by atomic mass is 9.47. The standard InChI is InChI=1S/C22H30FN3O4S/c1-12-4-5-16(8-17(12)23)31(29,30)26-21(2,3)20(28)25-18-14-6-13-7-15(18)11-22(9-13,10-14)19(24)27/h4-5,8,13-15,18,26H,6-7,9-11H2,1-3H3,(H2,24,27)(H,25,28). The van der Waals surface area contributed by atoms with Crippen molar-refractivity contribution in [2.75, 3.05) is 0 Å². The van der Waals surface area contributed by atoms with Crippen LogP contribution in [0.4, 0.5) is 4.39 Å². The van der Waals surface area contributed by atoms with Gasteiger partial charge in [0, 0.05) is 11.5 Å². The molecule has 5 rings (SSSR count). The number of rotatable bonds is 6. The van der Waals surface area contributed by atoms with Gasteiger partial charge in [0.1, 0.15) is 11.4 Å². The average Bonchev–Trinajstić information content (AvgIpc) is 2.65. The summed E-state index contributed by atoms with van der Waals surface area (Å²) in [6, 6.07) is 3.56. The second-order valence-electron chi connectivity index (χ2n) is 10.3. The van der Waals surface area contributed by atoms with Crippen LogP contribution in [0.2, 0.25) is 0 Å². The van der Waals surface area contributed by atoms with Crippen molar-refractivity contribution in [3.8, 4) is 0 Å². The molecule has 2 unspecified atom stereocenters. The summed E-state index contributed by atoms with van der Waals surface area (Å²) in [7, 11) is -4.10. The van der Waals surface area contributed by atoms with Crippen LogP contribution in [-0.4, -0.2) is 31.8 Å².